The number of hydrogen-bond donors (Lipinski definition) is 0. The number of unbranched alkanes of at least 4 members (excludes halogenated alkanes) is 2. The van der Waals surface area contributed by atoms with Gasteiger partial charge in [-0.15, -0.1) is 0 Å². The van der Waals surface area contributed by atoms with E-state index in [-0.39, 0.29) is 0 Å². The lowest BCUT2D eigenvalue weighted by Gasteiger charge is -2.09. The molecule has 0 radical (unpaired) electrons. The Kier molecular flexibility index (Phi) is 7.03. The third-order valence-electron chi connectivity index (χ3n) is 2.60. The normalized spacial score (nSPS) is 11.2. The zero-order valence-electron chi connectivity index (χ0n) is 9.90. The van der Waals surface area contributed by atoms with Crippen LogP contribution in [0.2, 0.25) is 0 Å². The van der Waals surface area contributed by atoms with Gasteiger partial charge in [0, 0.05) is 0 Å². The first-order valence-electron chi connectivity index (χ1n) is 5.71. The second-order valence-corrected chi connectivity index (χ2v) is 4.81. The molecule has 0 aliphatic carbocycles. The summed E-state index contributed by atoms with van der Waals surface area (Å²) >= 11 is 0. The zero-order valence-corrected chi connectivity index (χ0v) is 9.90. The molecule has 0 N–H and O–H groups in total. The van der Waals surface area contributed by atoms with Crippen LogP contribution in [0.5, 0.6) is 0 Å². The number of hydrogen-bond acceptors (Lipinski definition) is 0. The second-order valence-electron chi connectivity index (χ2n) is 4.81. The van der Waals surface area contributed by atoms with Gasteiger partial charge in [-0.25, -0.2) is 0 Å². The van der Waals surface area contributed by atoms with E-state index in [1.807, 2.05) is 0 Å². The fourth-order valence-corrected chi connectivity index (χ4v) is 1.37. The molecule has 0 unspecified atom stereocenters. The smallest absolute Gasteiger partial charge is 0.0263 e. The molecule has 0 rings (SSSR count). The molecular formula is C13H26. The zero-order chi connectivity index (χ0) is 10.3. The second kappa shape index (κ2) is 7.17. The van der Waals surface area contributed by atoms with Gasteiger partial charge in [-0.2, -0.15) is 0 Å². The van der Waals surface area contributed by atoms with Gasteiger partial charge in [-0.1, -0.05) is 59.1 Å². The SMILES string of the molecule is C=C(CCCCCC(C)C)C(C)C. The largest absolute Gasteiger partial charge is 0.0996 e. The molecule has 13 heavy (non-hydrogen) atoms. The van der Waals surface area contributed by atoms with Crippen LogP contribution in [-0.2, 0) is 0 Å². The monoisotopic (exact) mass is 182 g/mol. The Hall–Kier alpha value is -0.260. The highest BCUT2D eigenvalue weighted by molar-refractivity contribution is 4.96. The first kappa shape index (κ1) is 12.7. The number of allylic oxidation sites excluding steroid dienone is 1. The van der Waals surface area contributed by atoms with E-state index in [9.17, 15) is 0 Å². The highest BCUT2D eigenvalue weighted by Gasteiger charge is 2.00. The van der Waals surface area contributed by atoms with E-state index < -0.39 is 0 Å². The Morgan fingerprint density at radius 3 is 2.08 bits per heavy atom. The topological polar surface area (TPSA) is 0 Å². The van der Waals surface area contributed by atoms with Crippen molar-refractivity contribution >= 4 is 0 Å². The Balaban J connectivity index is 3.21. The molecule has 0 amide bonds. The third kappa shape index (κ3) is 8.08. The van der Waals surface area contributed by atoms with E-state index in [4.69, 9.17) is 0 Å². The summed E-state index contributed by atoms with van der Waals surface area (Å²) in [6.07, 6.45) is 6.72. The van der Waals surface area contributed by atoms with Crippen molar-refractivity contribution in [3.8, 4) is 0 Å². The maximum atomic E-state index is 4.09. The summed E-state index contributed by atoms with van der Waals surface area (Å²) in [5.41, 5.74) is 1.42. The van der Waals surface area contributed by atoms with Gasteiger partial charge in [0.2, 0.25) is 0 Å². The van der Waals surface area contributed by atoms with Crippen LogP contribution >= 0.6 is 0 Å². The van der Waals surface area contributed by atoms with Gasteiger partial charge in [-0.05, 0) is 24.7 Å². The van der Waals surface area contributed by atoms with Crippen LogP contribution in [0.4, 0.5) is 0 Å². The highest BCUT2D eigenvalue weighted by Crippen LogP contribution is 2.16. The average Bonchev–Trinajstić information content (AvgIpc) is 2.02. The fourth-order valence-electron chi connectivity index (χ4n) is 1.37. The molecule has 0 aliphatic heterocycles. The molecule has 0 nitrogen and oxygen atoms in total. The summed E-state index contributed by atoms with van der Waals surface area (Å²) < 4.78 is 0. The van der Waals surface area contributed by atoms with Crippen LogP contribution in [0.15, 0.2) is 12.2 Å². The van der Waals surface area contributed by atoms with E-state index in [0.29, 0.717) is 5.92 Å². The van der Waals surface area contributed by atoms with E-state index in [0.717, 1.165) is 5.92 Å². The van der Waals surface area contributed by atoms with Crippen molar-refractivity contribution < 1.29 is 0 Å². The molecule has 78 valence electrons. The molecule has 0 saturated carbocycles. The molecule has 0 aliphatic rings. The molecular weight excluding hydrogens is 156 g/mol. The lowest BCUT2D eigenvalue weighted by atomic mass is 9.97. The van der Waals surface area contributed by atoms with Crippen LogP contribution in [0.3, 0.4) is 0 Å². The molecule has 0 heterocycles. The molecule has 0 fully saturated rings. The fraction of sp³-hybridized carbons (Fsp3) is 0.846. The summed E-state index contributed by atoms with van der Waals surface area (Å²) in [6, 6.07) is 0. The van der Waals surface area contributed by atoms with Crippen molar-refractivity contribution in [1.82, 2.24) is 0 Å². The quantitative estimate of drug-likeness (QED) is 0.392. The molecule has 0 saturated heterocycles. The van der Waals surface area contributed by atoms with Crippen molar-refractivity contribution in [1.29, 1.82) is 0 Å². The predicted octanol–water partition coefficient (Wildman–Crippen LogP) is 4.81. The lowest BCUT2D eigenvalue weighted by Crippen LogP contribution is -1.93. The maximum absolute atomic E-state index is 4.09. The number of rotatable bonds is 7. The molecule has 0 bridgehead atoms. The molecule has 0 aromatic rings. The van der Waals surface area contributed by atoms with E-state index in [1.54, 1.807) is 0 Å². The van der Waals surface area contributed by atoms with Gasteiger partial charge in [0.25, 0.3) is 0 Å². The van der Waals surface area contributed by atoms with Crippen LogP contribution in [-0.4, -0.2) is 0 Å². The summed E-state index contributed by atoms with van der Waals surface area (Å²) in [7, 11) is 0. The Labute approximate surface area is 84.4 Å². The van der Waals surface area contributed by atoms with Crippen LogP contribution in [0.1, 0.15) is 59.8 Å². The summed E-state index contributed by atoms with van der Waals surface area (Å²) in [6.45, 7) is 13.1. The van der Waals surface area contributed by atoms with Gasteiger partial charge < -0.3 is 0 Å². The van der Waals surface area contributed by atoms with Gasteiger partial charge in [0.15, 0.2) is 0 Å². The lowest BCUT2D eigenvalue weighted by molar-refractivity contribution is 0.522. The summed E-state index contributed by atoms with van der Waals surface area (Å²) in [5, 5.41) is 0. The molecule has 0 aromatic heterocycles. The third-order valence-corrected chi connectivity index (χ3v) is 2.60. The van der Waals surface area contributed by atoms with Crippen molar-refractivity contribution in [2.75, 3.05) is 0 Å². The minimum Gasteiger partial charge on any atom is -0.0996 e. The van der Waals surface area contributed by atoms with E-state index in [1.165, 1.54) is 37.7 Å². The van der Waals surface area contributed by atoms with Crippen molar-refractivity contribution in [2.24, 2.45) is 11.8 Å². The first-order valence-corrected chi connectivity index (χ1v) is 5.71. The first-order chi connectivity index (χ1) is 6.04. The van der Waals surface area contributed by atoms with Gasteiger partial charge in [-0.3, -0.25) is 0 Å². The average molecular weight is 182 g/mol. The Morgan fingerprint density at radius 1 is 1.00 bits per heavy atom. The van der Waals surface area contributed by atoms with Crippen molar-refractivity contribution in [3.05, 3.63) is 12.2 Å². The van der Waals surface area contributed by atoms with Crippen molar-refractivity contribution in [2.45, 2.75) is 59.8 Å². The highest BCUT2D eigenvalue weighted by atomic mass is 14.1. The van der Waals surface area contributed by atoms with Crippen LogP contribution in [0.25, 0.3) is 0 Å². The van der Waals surface area contributed by atoms with E-state index in [2.05, 4.69) is 34.3 Å². The molecule has 0 heteroatoms. The predicted molar refractivity (Wildman–Crippen MR) is 61.9 cm³/mol. The van der Waals surface area contributed by atoms with E-state index >= 15 is 0 Å². The molecule has 0 atom stereocenters. The van der Waals surface area contributed by atoms with Gasteiger partial charge in [0.05, 0.1) is 0 Å². The minimum absolute atomic E-state index is 0.671. The van der Waals surface area contributed by atoms with Crippen LogP contribution < -0.4 is 0 Å². The molecule has 0 spiro atoms. The van der Waals surface area contributed by atoms with Gasteiger partial charge in [0.1, 0.15) is 0 Å². The summed E-state index contributed by atoms with van der Waals surface area (Å²) in [5.74, 6) is 1.54. The maximum Gasteiger partial charge on any atom is -0.0263 e. The minimum atomic E-state index is 0.671. The Morgan fingerprint density at radius 2 is 1.62 bits per heavy atom. The summed E-state index contributed by atoms with van der Waals surface area (Å²) in [4.78, 5) is 0. The van der Waals surface area contributed by atoms with Crippen LogP contribution in [0, 0.1) is 11.8 Å². The van der Waals surface area contributed by atoms with Crippen molar-refractivity contribution in [3.63, 3.8) is 0 Å². The van der Waals surface area contributed by atoms with Gasteiger partial charge >= 0.3 is 0 Å². The Bertz CT molecular complexity index is 131. The standard InChI is InChI=1S/C13H26/c1-11(2)9-7-6-8-10-13(5)12(3)4/h11-12H,5-10H2,1-4H3. The molecule has 0 aromatic carbocycles.